The molecule has 0 aromatic carbocycles. The van der Waals surface area contributed by atoms with Crippen molar-refractivity contribution in [1.82, 2.24) is 20.2 Å². The normalized spacial score (nSPS) is 22.9. The van der Waals surface area contributed by atoms with Crippen LogP contribution in [-0.4, -0.2) is 60.7 Å². The van der Waals surface area contributed by atoms with E-state index in [4.69, 9.17) is 4.74 Å². The maximum atomic E-state index is 12.0. The third kappa shape index (κ3) is 3.27. The highest BCUT2D eigenvalue weighted by molar-refractivity contribution is 5.93. The zero-order chi connectivity index (χ0) is 14.7. The molecule has 116 valence electrons. The van der Waals surface area contributed by atoms with Gasteiger partial charge in [-0.15, -0.1) is 0 Å². The maximum absolute atomic E-state index is 12.0. The number of aromatic nitrogens is 2. The van der Waals surface area contributed by atoms with Gasteiger partial charge in [-0.05, 0) is 32.2 Å². The van der Waals surface area contributed by atoms with E-state index >= 15 is 0 Å². The van der Waals surface area contributed by atoms with E-state index in [1.807, 2.05) is 0 Å². The van der Waals surface area contributed by atoms with E-state index in [2.05, 4.69) is 20.2 Å². The number of ether oxygens (including phenoxy) is 1. The summed E-state index contributed by atoms with van der Waals surface area (Å²) < 4.78 is 5.10. The molecule has 1 atom stereocenters. The van der Waals surface area contributed by atoms with E-state index in [1.54, 1.807) is 7.11 Å². The highest BCUT2D eigenvalue weighted by atomic mass is 16.5. The first-order valence-electron chi connectivity index (χ1n) is 7.86. The smallest absolute Gasteiger partial charge is 0.271 e. The second-order valence-corrected chi connectivity index (χ2v) is 5.94. The van der Waals surface area contributed by atoms with Crippen molar-refractivity contribution < 1.29 is 9.53 Å². The van der Waals surface area contributed by atoms with Crippen LogP contribution in [0.15, 0.2) is 0 Å². The minimum absolute atomic E-state index is 0.0278. The number of imidazole rings is 1. The summed E-state index contributed by atoms with van der Waals surface area (Å²) >= 11 is 0. The minimum Gasteiger partial charge on any atom is -0.385 e. The number of rotatable bonds is 5. The number of carbonyl (C=O) groups is 1. The predicted molar refractivity (Wildman–Crippen MR) is 79.5 cm³/mol. The molecule has 1 amide bonds. The van der Waals surface area contributed by atoms with Gasteiger partial charge in [0.1, 0.15) is 11.5 Å². The number of hydrogen-bond acceptors (Lipinski definition) is 4. The van der Waals surface area contributed by atoms with Crippen LogP contribution >= 0.6 is 0 Å². The molecule has 3 heterocycles. The largest absolute Gasteiger partial charge is 0.385 e. The highest BCUT2D eigenvalue weighted by Gasteiger charge is 2.28. The van der Waals surface area contributed by atoms with Crippen molar-refractivity contribution in [3.05, 3.63) is 17.2 Å². The Hall–Kier alpha value is -1.40. The maximum Gasteiger partial charge on any atom is 0.271 e. The fraction of sp³-hybridized carbons (Fsp3) is 0.733. The molecule has 1 aromatic rings. The first-order chi connectivity index (χ1) is 10.3. The second-order valence-electron chi connectivity index (χ2n) is 5.94. The Labute approximate surface area is 125 Å². The molecule has 1 aromatic heterocycles. The number of hydrogen-bond donors (Lipinski definition) is 2. The molecule has 6 heteroatoms. The third-order valence-corrected chi connectivity index (χ3v) is 4.38. The van der Waals surface area contributed by atoms with Gasteiger partial charge in [0.2, 0.25) is 0 Å². The van der Waals surface area contributed by atoms with E-state index in [-0.39, 0.29) is 5.91 Å². The van der Waals surface area contributed by atoms with Crippen LogP contribution in [0.25, 0.3) is 0 Å². The summed E-state index contributed by atoms with van der Waals surface area (Å²) in [7, 11) is 1.74. The number of fused-ring (bicyclic) bond motifs is 1. The molecular weight excluding hydrogens is 268 g/mol. The molecule has 2 aliphatic heterocycles. The van der Waals surface area contributed by atoms with E-state index in [0.29, 0.717) is 11.6 Å². The average Bonchev–Trinajstić information content (AvgIpc) is 3.07. The molecular formula is C15H24N4O2. The van der Waals surface area contributed by atoms with Gasteiger partial charge in [0, 0.05) is 45.0 Å². The lowest BCUT2D eigenvalue weighted by molar-refractivity contribution is 0.0951. The Bertz CT molecular complexity index is 500. The van der Waals surface area contributed by atoms with Crippen molar-refractivity contribution in [2.75, 3.05) is 39.9 Å². The Kier molecular flexibility index (Phi) is 4.55. The van der Waals surface area contributed by atoms with Gasteiger partial charge >= 0.3 is 0 Å². The first kappa shape index (κ1) is 14.5. The van der Waals surface area contributed by atoms with Crippen LogP contribution < -0.4 is 5.32 Å². The van der Waals surface area contributed by atoms with Crippen molar-refractivity contribution in [2.45, 2.75) is 31.6 Å². The molecule has 1 fully saturated rings. The standard InChI is InChI=1S/C15H24N4O2/c1-21-9-3-7-19-8-5-11(10-19)14-17-12-4-2-6-16-15(20)13(12)18-14/h11H,2-10H2,1H3,(H,16,20)(H,17,18). The van der Waals surface area contributed by atoms with Gasteiger partial charge in [-0.2, -0.15) is 0 Å². The van der Waals surface area contributed by atoms with Crippen LogP contribution in [0, 0.1) is 0 Å². The summed E-state index contributed by atoms with van der Waals surface area (Å²) in [6.07, 6.45) is 4.07. The summed E-state index contributed by atoms with van der Waals surface area (Å²) in [4.78, 5) is 22.4. The number of H-pyrrole nitrogens is 1. The Morgan fingerprint density at radius 1 is 1.48 bits per heavy atom. The minimum atomic E-state index is -0.0278. The second kappa shape index (κ2) is 6.58. The third-order valence-electron chi connectivity index (χ3n) is 4.38. The lowest BCUT2D eigenvalue weighted by Gasteiger charge is -2.14. The number of likely N-dealkylation sites (tertiary alicyclic amines) is 1. The van der Waals surface area contributed by atoms with E-state index in [0.717, 1.165) is 70.0 Å². The summed E-state index contributed by atoms with van der Waals surface area (Å²) in [5, 5.41) is 2.90. The number of amides is 1. The van der Waals surface area contributed by atoms with Crippen molar-refractivity contribution in [3.8, 4) is 0 Å². The topological polar surface area (TPSA) is 70.2 Å². The van der Waals surface area contributed by atoms with Crippen molar-refractivity contribution in [2.24, 2.45) is 0 Å². The summed E-state index contributed by atoms with van der Waals surface area (Å²) in [5.41, 5.74) is 1.62. The zero-order valence-corrected chi connectivity index (χ0v) is 12.7. The molecule has 2 N–H and O–H groups in total. The number of aromatic amines is 1. The van der Waals surface area contributed by atoms with E-state index in [1.165, 1.54) is 0 Å². The molecule has 21 heavy (non-hydrogen) atoms. The first-order valence-corrected chi connectivity index (χ1v) is 7.86. The monoisotopic (exact) mass is 292 g/mol. The van der Waals surface area contributed by atoms with Crippen molar-refractivity contribution in [1.29, 1.82) is 0 Å². The van der Waals surface area contributed by atoms with Gasteiger partial charge in [-0.25, -0.2) is 4.98 Å². The van der Waals surface area contributed by atoms with E-state index in [9.17, 15) is 4.79 Å². The molecule has 0 aliphatic carbocycles. The molecule has 0 spiro atoms. The fourth-order valence-corrected chi connectivity index (χ4v) is 3.23. The van der Waals surface area contributed by atoms with Crippen LogP contribution in [0.1, 0.15) is 47.2 Å². The van der Waals surface area contributed by atoms with Gasteiger partial charge in [-0.3, -0.25) is 4.79 Å². The van der Waals surface area contributed by atoms with Crippen LogP contribution in [0.4, 0.5) is 0 Å². The summed E-state index contributed by atoms with van der Waals surface area (Å²) in [6.45, 7) is 4.76. The lowest BCUT2D eigenvalue weighted by atomic mass is 10.1. The molecule has 0 radical (unpaired) electrons. The van der Waals surface area contributed by atoms with E-state index < -0.39 is 0 Å². The molecule has 0 saturated carbocycles. The number of carbonyl (C=O) groups excluding carboxylic acids is 1. The number of nitrogens with zero attached hydrogens (tertiary/aromatic N) is 2. The van der Waals surface area contributed by atoms with Crippen LogP contribution in [-0.2, 0) is 11.2 Å². The quantitative estimate of drug-likeness (QED) is 0.792. The Balaban J connectivity index is 1.63. The van der Waals surface area contributed by atoms with Crippen LogP contribution in [0.2, 0.25) is 0 Å². The van der Waals surface area contributed by atoms with Crippen LogP contribution in [0.3, 0.4) is 0 Å². The SMILES string of the molecule is COCCCN1CCC(c2nc3c([nH]2)CCCNC3=O)C1. The molecule has 0 bridgehead atoms. The number of aryl methyl sites for hydroxylation is 1. The van der Waals surface area contributed by atoms with Gasteiger partial charge in [0.05, 0.1) is 0 Å². The predicted octanol–water partition coefficient (Wildman–Crippen LogP) is 0.912. The Morgan fingerprint density at radius 3 is 3.24 bits per heavy atom. The molecule has 1 saturated heterocycles. The van der Waals surface area contributed by atoms with Crippen molar-refractivity contribution >= 4 is 5.91 Å². The summed E-state index contributed by atoms with van der Waals surface area (Å²) in [5.74, 6) is 1.39. The van der Waals surface area contributed by atoms with Gasteiger partial charge in [-0.1, -0.05) is 0 Å². The molecule has 6 nitrogen and oxygen atoms in total. The van der Waals surface area contributed by atoms with Gasteiger partial charge < -0.3 is 19.9 Å². The number of nitrogens with one attached hydrogen (secondary N) is 2. The van der Waals surface area contributed by atoms with Crippen molar-refractivity contribution in [3.63, 3.8) is 0 Å². The van der Waals surface area contributed by atoms with Crippen LogP contribution in [0.5, 0.6) is 0 Å². The number of methoxy groups -OCH3 is 1. The zero-order valence-electron chi connectivity index (χ0n) is 12.7. The summed E-state index contributed by atoms with van der Waals surface area (Å²) in [6, 6.07) is 0. The highest BCUT2D eigenvalue weighted by Crippen LogP contribution is 2.26. The molecule has 1 unspecified atom stereocenters. The van der Waals surface area contributed by atoms with Gasteiger partial charge in [0.25, 0.3) is 5.91 Å². The molecule has 2 aliphatic rings. The van der Waals surface area contributed by atoms with Gasteiger partial charge in [0.15, 0.2) is 0 Å². The Morgan fingerprint density at radius 2 is 2.38 bits per heavy atom. The lowest BCUT2D eigenvalue weighted by Crippen LogP contribution is -2.23. The fourth-order valence-electron chi connectivity index (χ4n) is 3.23. The molecule has 3 rings (SSSR count). The average molecular weight is 292 g/mol.